The highest BCUT2D eigenvalue weighted by Gasteiger charge is 2.23. The van der Waals surface area contributed by atoms with Crippen LogP contribution in [-0.4, -0.2) is 43.0 Å². The molecule has 24 heavy (non-hydrogen) atoms. The smallest absolute Gasteiger partial charge is 0.220 e. The van der Waals surface area contributed by atoms with Crippen molar-refractivity contribution >= 4 is 30.7 Å². The molecule has 0 bridgehead atoms. The van der Waals surface area contributed by atoms with E-state index in [1.807, 2.05) is 0 Å². The van der Waals surface area contributed by atoms with Crippen molar-refractivity contribution in [3.05, 3.63) is 35.9 Å². The van der Waals surface area contributed by atoms with Gasteiger partial charge in [-0.05, 0) is 50.4 Å². The zero-order valence-corrected chi connectivity index (χ0v) is 15.7. The fraction of sp³-hybridized carbons (Fsp3) is 0.611. The van der Waals surface area contributed by atoms with Crippen molar-refractivity contribution in [2.45, 2.75) is 38.3 Å². The third kappa shape index (κ3) is 6.60. The molecule has 2 atom stereocenters. The van der Waals surface area contributed by atoms with Crippen molar-refractivity contribution in [2.75, 3.05) is 26.2 Å². The molecular weight excluding hydrogens is 345 g/mol. The number of amides is 1. The largest absolute Gasteiger partial charge is 0.352 e. The molecule has 0 saturated carbocycles. The third-order valence-electron chi connectivity index (χ3n) is 4.76. The molecular formula is C18H29Cl2N3O. The lowest BCUT2D eigenvalue weighted by atomic mass is 10.0. The minimum atomic E-state index is 0. The van der Waals surface area contributed by atoms with Gasteiger partial charge in [0.15, 0.2) is 0 Å². The number of piperidine rings is 1. The van der Waals surface area contributed by atoms with Crippen molar-refractivity contribution in [1.29, 1.82) is 0 Å². The molecule has 2 saturated heterocycles. The second-order valence-corrected chi connectivity index (χ2v) is 6.69. The number of hydrogen-bond acceptors (Lipinski definition) is 3. The Hall–Kier alpha value is -0.810. The van der Waals surface area contributed by atoms with Crippen LogP contribution in [0.2, 0.25) is 0 Å². The summed E-state index contributed by atoms with van der Waals surface area (Å²) in [7, 11) is 0. The van der Waals surface area contributed by atoms with E-state index in [4.69, 9.17) is 0 Å². The number of nitrogens with zero attached hydrogens (tertiary/aromatic N) is 1. The van der Waals surface area contributed by atoms with Gasteiger partial charge in [0.05, 0.1) is 0 Å². The number of likely N-dealkylation sites (tertiary alicyclic amines) is 1. The lowest BCUT2D eigenvalue weighted by Gasteiger charge is -2.33. The number of hydrogen-bond donors (Lipinski definition) is 2. The fourth-order valence-electron chi connectivity index (χ4n) is 3.60. The van der Waals surface area contributed by atoms with Gasteiger partial charge in [0, 0.05) is 25.6 Å². The minimum absolute atomic E-state index is 0. The van der Waals surface area contributed by atoms with E-state index in [1.165, 1.54) is 12.0 Å². The van der Waals surface area contributed by atoms with Crippen LogP contribution in [0.15, 0.2) is 30.3 Å². The second-order valence-electron chi connectivity index (χ2n) is 6.69. The lowest BCUT2D eigenvalue weighted by molar-refractivity contribution is -0.123. The van der Waals surface area contributed by atoms with Crippen LogP contribution in [0, 0.1) is 5.92 Å². The third-order valence-corrected chi connectivity index (χ3v) is 4.76. The Bertz CT molecular complexity index is 480. The standard InChI is InChI=1S/C18H27N3O.2ClH/c22-18(11-16-8-9-19-12-16)20-17-7-4-10-21(14-17)13-15-5-2-1-3-6-15;;/h1-3,5-6,16-17,19H,4,7-14H2,(H,20,22);2*1H. The summed E-state index contributed by atoms with van der Waals surface area (Å²) < 4.78 is 0. The summed E-state index contributed by atoms with van der Waals surface area (Å²) in [6, 6.07) is 10.9. The van der Waals surface area contributed by atoms with Crippen molar-refractivity contribution < 1.29 is 4.79 Å². The molecule has 1 aromatic rings. The highest BCUT2D eigenvalue weighted by molar-refractivity contribution is 5.85. The molecule has 3 rings (SSSR count). The van der Waals surface area contributed by atoms with Crippen molar-refractivity contribution in [2.24, 2.45) is 5.92 Å². The fourth-order valence-corrected chi connectivity index (χ4v) is 3.60. The van der Waals surface area contributed by atoms with E-state index in [9.17, 15) is 4.79 Å². The normalized spacial score (nSPS) is 23.8. The van der Waals surface area contributed by atoms with E-state index in [0.29, 0.717) is 18.4 Å². The van der Waals surface area contributed by atoms with Gasteiger partial charge in [-0.2, -0.15) is 0 Å². The second kappa shape index (κ2) is 10.9. The van der Waals surface area contributed by atoms with E-state index in [0.717, 1.165) is 45.6 Å². The SMILES string of the molecule is Cl.Cl.O=C(CC1CCNC1)NC1CCCN(Cc2ccccc2)C1. The first-order chi connectivity index (χ1) is 10.8. The molecule has 6 heteroatoms. The molecule has 2 unspecified atom stereocenters. The van der Waals surface area contributed by atoms with Crippen molar-refractivity contribution in [1.82, 2.24) is 15.5 Å². The quantitative estimate of drug-likeness (QED) is 0.833. The van der Waals surface area contributed by atoms with Gasteiger partial charge in [-0.15, -0.1) is 24.8 Å². The number of rotatable bonds is 5. The highest BCUT2D eigenvalue weighted by atomic mass is 35.5. The average molecular weight is 374 g/mol. The van der Waals surface area contributed by atoms with E-state index >= 15 is 0 Å². The summed E-state index contributed by atoms with van der Waals surface area (Å²) in [5.74, 6) is 0.768. The van der Waals surface area contributed by atoms with Crippen LogP contribution in [0.5, 0.6) is 0 Å². The van der Waals surface area contributed by atoms with Gasteiger partial charge >= 0.3 is 0 Å². The van der Waals surface area contributed by atoms with E-state index in [1.54, 1.807) is 0 Å². The van der Waals surface area contributed by atoms with Crippen molar-refractivity contribution in [3.8, 4) is 0 Å². The summed E-state index contributed by atoms with van der Waals surface area (Å²) in [5.41, 5.74) is 1.35. The Morgan fingerprint density at radius 1 is 1.21 bits per heavy atom. The van der Waals surface area contributed by atoms with Gasteiger partial charge in [0.25, 0.3) is 0 Å². The summed E-state index contributed by atoms with van der Waals surface area (Å²) in [4.78, 5) is 14.6. The van der Waals surface area contributed by atoms with Crippen LogP contribution in [0.1, 0.15) is 31.2 Å². The van der Waals surface area contributed by atoms with Crippen LogP contribution in [0.3, 0.4) is 0 Å². The highest BCUT2D eigenvalue weighted by Crippen LogP contribution is 2.15. The molecule has 0 aliphatic carbocycles. The summed E-state index contributed by atoms with van der Waals surface area (Å²) in [6.07, 6.45) is 4.10. The monoisotopic (exact) mass is 373 g/mol. The van der Waals surface area contributed by atoms with Gasteiger partial charge in [0.2, 0.25) is 5.91 Å². The number of benzene rings is 1. The Morgan fingerprint density at radius 3 is 2.71 bits per heavy atom. The Morgan fingerprint density at radius 2 is 2.00 bits per heavy atom. The van der Waals surface area contributed by atoms with Crippen LogP contribution >= 0.6 is 24.8 Å². The maximum absolute atomic E-state index is 12.2. The summed E-state index contributed by atoms with van der Waals surface area (Å²) in [5, 5.41) is 6.58. The summed E-state index contributed by atoms with van der Waals surface area (Å²) >= 11 is 0. The maximum Gasteiger partial charge on any atom is 0.220 e. The molecule has 0 aromatic heterocycles. The van der Waals surface area contributed by atoms with Crippen molar-refractivity contribution in [3.63, 3.8) is 0 Å². The van der Waals surface area contributed by atoms with Crippen LogP contribution in [0.4, 0.5) is 0 Å². The molecule has 136 valence electrons. The van der Waals surface area contributed by atoms with Gasteiger partial charge in [-0.3, -0.25) is 9.69 Å². The molecule has 1 aromatic carbocycles. The van der Waals surface area contributed by atoms with Gasteiger partial charge in [-0.1, -0.05) is 30.3 Å². The molecule has 4 nitrogen and oxygen atoms in total. The van der Waals surface area contributed by atoms with Gasteiger partial charge in [0.1, 0.15) is 0 Å². The maximum atomic E-state index is 12.2. The molecule has 2 aliphatic rings. The molecule has 0 radical (unpaired) electrons. The van der Waals surface area contributed by atoms with Gasteiger partial charge < -0.3 is 10.6 Å². The first-order valence-corrected chi connectivity index (χ1v) is 8.56. The topological polar surface area (TPSA) is 44.4 Å². The lowest BCUT2D eigenvalue weighted by Crippen LogP contribution is -2.47. The number of carbonyl (C=O) groups excluding carboxylic acids is 1. The number of carbonyl (C=O) groups is 1. The Labute approximate surface area is 157 Å². The predicted molar refractivity (Wildman–Crippen MR) is 103 cm³/mol. The molecule has 2 aliphatic heterocycles. The Balaban J connectivity index is 0.00000144. The number of halogens is 2. The van der Waals surface area contributed by atoms with Crippen LogP contribution in [0.25, 0.3) is 0 Å². The molecule has 2 N–H and O–H groups in total. The first kappa shape index (κ1) is 21.2. The molecule has 2 fully saturated rings. The Kier molecular flexibility index (Phi) is 9.67. The average Bonchev–Trinajstić information content (AvgIpc) is 3.01. The minimum Gasteiger partial charge on any atom is -0.352 e. The summed E-state index contributed by atoms with van der Waals surface area (Å²) in [6.45, 7) is 5.15. The van der Waals surface area contributed by atoms with Crippen LogP contribution < -0.4 is 10.6 Å². The van der Waals surface area contributed by atoms with E-state index in [2.05, 4.69) is 45.9 Å². The first-order valence-electron chi connectivity index (χ1n) is 8.56. The van der Waals surface area contributed by atoms with Crippen LogP contribution in [-0.2, 0) is 11.3 Å². The zero-order chi connectivity index (χ0) is 15.2. The van der Waals surface area contributed by atoms with E-state index < -0.39 is 0 Å². The predicted octanol–water partition coefficient (Wildman–Crippen LogP) is 2.61. The molecule has 2 heterocycles. The molecule has 1 amide bonds. The van der Waals surface area contributed by atoms with Gasteiger partial charge in [-0.25, -0.2) is 0 Å². The van der Waals surface area contributed by atoms with E-state index in [-0.39, 0.29) is 30.7 Å². The zero-order valence-electron chi connectivity index (χ0n) is 14.1. The molecule has 0 spiro atoms. The number of nitrogens with one attached hydrogen (secondary N) is 2.